The summed E-state index contributed by atoms with van der Waals surface area (Å²) in [6.45, 7) is 0.408. The minimum absolute atomic E-state index is 0.0558. The van der Waals surface area contributed by atoms with E-state index in [1.165, 1.54) is 0 Å². The maximum Gasteiger partial charge on any atom is 0.258 e. The van der Waals surface area contributed by atoms with Crippen LogP contribution in [0.5, 0.6) is 5.75 Å². The van der Waals surface area contributed by atoms with E-state index in [1.54, 1.807) is 18.2 Å². The largest absolute Gasteiger partial charge is 0.484 e. The summed E-state index contributed by atoms with van der Waals surface area (Å²) in [5.41, 5.74) is 5.52. The fourth-order valence-electron chi connectivity index (χ4n) is 2.48. The van der Waals surface area contributed by atoms with Gasteiger partial charge in [-0.1, -0.05) is 36.0 Å². The number of carbonyl (C=O) groups excluding carboxylic acids is 1. The van der Waals surface area contributed by atoms with Gasteiger partial charge in [0.2, 0.25) is 0 Å². The number of hydrogen-bond donors (Lipinski definition) is 2. The van der Waals surface area contributed by atoms with Gasteiger partial charge in [-0.15, -0.1) is 0 Å². The second-order valence-electron chi connectivity index (χ2n) is 5.10. The van der Waals surface area contributed by atoms with E-state index in [1.807, 2.05) is 0 Å². The van der Waals surface area contributed by atoms with E-state index in [0.717, 1.165) is 25.7 Å². The summed E-state index contributed by atoms with van der Waals surface area (Å²) in [5.74, 6) is 0.353. The summed E-state index contributed by atoms with van der Waals surface area (Å²) >= 11 is 11.7. The van der Waals surface area contributed by atoms with Gasteiger partial charge < -0.3 is 15.8 Å². The van der Waals surface area contributed by atoms with Gasteiger partial charge in [-0.25, -0.2) is 0 Å². The molecular formula is C14H18Cl2N2O2. The second-order valence-corrected chi connectivity index (χ2v) is 5.92. The van der Waals surface area contributed by atoms with Crippen LogP contribution in [0.2, 0.25) is 10.0 Å². The molecular weight excluding hydrogens is 299 g/mol. The summed E-state index contributed by atoms with van der Waals surface area (Å²) in [5, 5.41) is 3.85. The molecule has 1 aromatic carbocycles. The molecule has 0 radical (unpaired) electrons. The molecule has 0 heterocycles. The Hall–Kier alpha value is -0.970. The zero-order valence-corrected chi connectivity index (χ0v) is 12.6. The smallest absolute Gasteiger partial charge is 0.258 e. The molecule has 0 aromatic heterocycles. The average molecular weight is 317 g/mol. The Morgan fingerprint density at radius 1 is 1.30 bits per heavy atom. The number of hydrogen-bond acceptors (Lipinski definition) is 3. The Balaban J connectivity index is 1.87. The molecule has 1 saturated carbocycles. The minimum atomic E-state index is -0.252. The lowest BCUT2D eigenvalue weighted by Crippen LogP contribution is -2.52. The van der Waals surface area contributed by atoms with Crippen molar-refractivity contribution in [1.82, 2.24) is 5.32 Å². The number of halogens is 2. The van der Waals surface area contributed by atoms with Crippen LogP contribution in [0.4, 0.5) is 0 Å². The number of ether oxygens (including phenoxy) is 1. The van der Waals surface area contributed by atoms with Gasteiger partial charge in [0, 0.05) is 12.6 Å². The van der Waals surface area contributed by atoms with Crippen LogP contribution >= 0.6 is 23.2 Å². The topological polar surface area (TPSA) is 64.3 Å². The maximum absolute atomic E-state index is 11.9. The van der Waals surface area contributed by atoms with Crippen LogP contribution in [0.25, 0.3) is 0 Å². The van der Waals surface area contributed by atoms with Crippen molar-refractivity contribution in [2.45, 2.75) is 31.2 Å². The van der Waals surface area contributed by atoms with Gasteiger partial charge in [-0.05, 0) is 25.0 Å². The van der Waals surface area contributed by atoms with Gasteiger partial charge >= 0.3 is 0 Å². The number of nitrogens with two attached hydrogens (primary N) is 1. The highest BCUT2D eigenvalue weighted by Gasteiger charge is 2.33. The number of amides is 1. The van der Waals surface area contributed by atoms with Gasteiger partial charge in [-0.2, -0.15) is 0 Å². The summed E-state index contributed by atoms with van der Waals surface area (Å²) in [7, 11) is 0. The third kappa shape index (κ3) is 3.78. The lowest BCUT2D eigenvalue weighted by atomic mass is 9.98. The van der Waals surface area contributed by atoms with Crippen molar-refractivity contribution in [2.75, 3.05) is 13.2 Å². The van der Waals surface area contributed by atoms with Gasteiger partial charge in [0.05, 0.1) is 15.6 Å². The Bertz CT molecular complexity index is 488. The monoisotopic (exact) mass is 316 g/mol. The maximum atomic E-state index is 11.9. The molecule has 0 bridgehead atoms. The summed E-state index contributed by atoms with van der Waals surface area (Å²) in [6, 6.07) is 4.90. The molecule has 1 aliphatic carbocycles. The summed E-state index contributed by atoms with van der Waals surface area (Å²) in [4.78, 5) is 11.9. The van der Waals surface area contributed by atoms with E-state index in [2.05, 4.69) is 5.32 Å². The lowest BCUT2D eigenvalue weighted by Gasteiger charge is -2.28. The second kappa shape index (κ2) is 6.66. The van der Waals surface area contributed by atoms with Crippen LogP contribution in [0.3, 0.4) is 0 Å². The highest BCUT2D eigenvalue weighted by atomic mass is 35.5. The van der Waals surface area contributed by atoms with Crippen LogP contribution in [-0.4, -0.2) is 24.6 Å². The normalized spacial score (nSPS) is 16.9. The number of carbonyl (C=O) groups is 1. The molecule has 1 aliphatic rings. The van der Waals surface area contributed by atoms with Crippen molar-refractivity contribution in [3.8, 4) is 5.75 Å². The van der Waals surface area contributed by atoms with Gasteiger partial charge in [0.15, 0.2) is 6.61 Å². The molecule has 0 atom stereocenters. The molecule has 4 nitrogen and oxygen atoms in total. The molecule has 3 N–H and O–H groups in total. The third-order valence-corrected chi connectivity index (χ3v) is 4.36. The standard InChI is InChI=1S/C14H18Cl2N2O2/c15-11-4-3-10(7-12(11)16)20-8-13(19)18-14(9-17)5-1-2-6-14/h3-4,7H,1-2,5-6,8-9,17H2,(H,18,19). The van der Waals surface area contributed by atoms with E-state index in [0.29, 0.717) is 22.3 Å². The molecule has 1 aromatic rings. The van der Waals surface area contributed by atoms with Gasteiger partial charge in [-0.3, -0.25) is 4.79 Å². The molecule has 2 rings (SSSR count). The first-order valence-corrected chi connectivity index (χ1v) is 7.39. The van der Waals surface area contributed by atoms with Gasteiger partial charge in [0.1, 0.15) is 5.75 Å². The minimum Gasteiger partial charge on any atom is -0.484 e. The van der Waals surface area contributed by atoms with Crippen LogP contribution in [-0.2, 0) is 4.79 Å². The Labute approximate surface area is 128 Å². The fraction of sp³-hybridized carbons (Fsp3) is 0.500. The number of benzene rings is 1. The fourth-order valence-corrected chi connectivity index (χ4v) is 2.77. The highest BCUT2D eigenvalue weighted by Crippen LogP contribution is 2.29. The zero-order chi connectivity index (χ0) is 14.6. The van der Waals surface area contributed by atoms with E-state index in [-0.39, 0.29) is 18.1 Å². The number of nitrogens with one attached hydrogen (secondary N) is 1. The van der Waals surface area contributed by atoms with Crippen LogP contribution < -0.4 is 15.8 Å². The van der Waals surface area contributed by atoms with E-state index >= 15 is 0 Å². The quantitative estimate of drug-likeness (QED) is 0.878. The van der Waals surface area contributed by atoms with Crippen molar-refractivity contribution >= 4 is 29.1 Å². The first-order valence-electron chi connectivity index (χ1n) is 6.64. The van der Waals surface area contributed by atoms with E-state index in [9.17, 15) is 4.79 Å². The van der Waals surface area contributed by atoms with Gasteiger partial charge in [0.25, 0.3) is 5.91 Å². The predicted octanol–water partition coefficient (Wildman–Crippen LogP) is 2.76. The molecule has 0 spiro atoms. The molecule has 0 unspecified atom stereocenters. The van der Waals surface area contributed by atoms with Crippen LogP contribution in [0.15, 0.2) is 18.2 Å². The van der Waals surface area contributed by atoms with Crippen molar-refractivity contribution in [1.29, 1.82) is 0 Å². The number of rotatable bonds is 5. The Kier molecular flexibility index (Phi) is 5.13. The molecule has 0 aliphatic heterocycles. The molecule has 6 heteroatoms. The molecule has 0 saturated heterocycles. The Morgan fingerprint density at radius 3 is 2.60 bits per heavy atom. The van der Waals surface area contributed by atoms with Crippen LogP contribution in [0, 0.1) is 0 Å². The summed E-state index contributed by atoms with van der Waals surface area (Å²) < 4.78 is 5.41. The molecule has 1 amide bonds. The average Bonchev–Trinajstić information content (AvgIpc) is 2.89. The van der Waals surface area contributed by atoms with Crippen molar-refractivity contribution in [3.63, 3.8) is 0 Å². The zero-order valence-electron chi connectivity index (χ0n) is 11.1. The van der Waals surface area contributed by atoms with E-state index in [4.69, 9.17) is 33.7 Å². The predicted molar refractivity (Wildman–Crippen MR) is 80.4 cm³/mol. The van der Waals surface area contributed by atoms with Crippen molar-refractivity contribution in [2.24, 2.45) is 5.73 Å². The molecule has 20 heavy (non-hydrogen) atoms. The SMILES string of the molecule is NCC1(NC(=O)COc2ccc(Cl)c(Cl)c2)CCCC1. The lowest BCUT2D eigenvalue weighted by molar-refractivity contribution is -0.124. The first kappa shape index (κ1) is 15.4. The Morgan fingerprint density at radius 2 is 2.00 bits per heavy atom. The van der Waals surface area contributed by atoms with Crippen molar-refractivity contribution in [3.05, 3.63) is 28.2 Å². The van der Waals surface area contributed by atoms with Crippen molar-refractivity contribution < 1.29 is 9.53 Å². The van der Waals surface area contributed by atoms with E-state index < -0.39 is 0 Å². The molecule has 110 valence electrons. The van der Waals surface area contributed by atoms with Crippen LogP contribution in [0.1, 0.15) is 25.7 Å². The summed E-state index contributed by atoms with van der Waals surface area (Å²) in [6.07, 6.45) is 4.07. The molecule has 1 fully saturated rings. The highest BCUT2D eigenvalue weighted by molar-refractivity contribution is 6.42. The first-order chi connectivity index (χ1) is 9.54. The third-order valence-electron chi connectivity index (χ3n) is 3.62.